The molecule has 1 aromatic carbocycles. The highest BCUT2D eigenvalue weighted by molar-refractivity contribution is 5.89. The molecule has 1 N–H and O–H groups in total. The van der Waals surface area contributed by atoms with Crippen LogP contribution in [0.1, 0.15) is 30.1 Å². The van der Waals surface area contributed by atoms with Gasteiger partial charge in [-0.25, -0.2) is 14.8 Å². The molecular formula is C18H20N6O2. The van der Waals surface area contributed by atoms with E-state index in [-0.39, 0.29) is 5.97 Å². The van der Waals surface area contributed by atoms with E-state index in [2.05, 4.69) is 32.3 Å². The van der Waals surface area contributed by atoms with Crippen LogP contribution in [0.4, 0.5) is 11.6 Å². The van der Waals surface area contributed by atoms with Crippen molar-refractivity contribution in [3.63, 3.8) is 0 Å². The van der Waals surface area contributed by atoms with Gasteiger partial charge in [-0.1, -0.05) is 13.3 Å². The lowest BCUT2D eigenvalue weighted by molar-refractivity contribution is 0.0500. The number of anilines is 2. The summed E-state index contributed by atoms with van der Waals surface area (Å²) in [4.78, 5) is 24.6. The van der Waals surface area contributed by atoms with Crippen molar-refractivity contribution in [3.8, 4) is 11.5 Å². The average Bonchev–Trinajstić information content (AvgIpc) is 3.09. The minimum absolute atomic E-state index is 0.316. The summed E-state index contributed by atoms with van der Waals surface area (Å²) in [5, 5.41) is 7.21. The van der Waals surface area contributed by atoms with Crippen LogP contribution in [0.2, 0.25) is 0 Å². The van der Waals surface area contributed by atoms with Gasteiger partial charge in [0.05, 0.1) is 12.2 Å². The second-order valence-corrected chi connectivity index (χ2v) is 5.66. The second-order valence-electron chi connectivity index (χ2n) is 5.66. The number of unbranched alkanes of at least 4 members (excludes halogenated alkanes) is 1. The molecule has 0 saturated heterocycles. The van der Waals surface area contributed by atoms with E-state index in [9.17, 15) is 4.79 Å². The van der Waals surface area contributed by atoms with Crippen LogP contribution in [0.25, 0.3) is 11.5 Å². The maximum absolute atomic E-state index is 11.9. The van der Waals surface area contributed by atoms with E-state index in [1.54, 1.807) is 35.1 Å². The zero-order chi connectivity index (χ0) is 18.4. The first kappa shape index (κ1) is 17.5. The molecule has 0 radical (unpaired) electrons. The number of aromatic nitrogens is 5. The molecule has 0 aliphatic carbocycles. The first-order valence-corrected chi connectivity index (χ1v) is 8.39. The Balaban J connectivity index is 1.68. The zero-order valence-electron chi connectivity index (χ0n) is 14.7. The molecule has 0 saturated carbocycles. The van der Waals surface area contributed by atoms with E-state index in [1.807, 2.05) is 13.1 Å². The molecule has 134 valence electrons. The van der Waals surface area contributed by atoms with E-state index in [1.165, 1.54) is 6.33 Å². The van der Waals surface area contributed by atoms with Gasteiger partial charge in [0.25, 0.3) is 0 Å². The van der Waals surface area contributed by atoms with Crippen LogP contribution in [0.15, 0.2) is 42.9 Å². The van der Waals surface area contributed by atoms with Crippen molar-refractivity contribution >= 4 is 17.6 Å². The van der Waals surface area contributed by atoms with Crippen molar-refractivity contribution in [1.29, 1.82) is 0 Å². The van der Waals surface area contributed by atoms with Gasteiger partial charge >= 0.3 is 5.97 Å². The van der Waals surface area contributed by atoms with Crippen molar-refractivity contribution < 1.29 is 9.53 Å². The highest BCUT2D eigenvalue weighted by Crippen LogP contribution is 2.17. The maximum atomic E-state index is 11.9. The molecule has 0 aliphatic heterocycles. The molecule has 26 heavy (non-hydrogen) atoms. The van der Waals surface area contributed by atoms with Crippen LogP contribution in [0.3, 0.4) is 0 Å². The lowest BCUT2D eigenvalue weighted by atomic mass is 10.2. The highest BCUT2D eigenvalue weighted by atomic mass is 16.5. The van der Waals surface area contributed by atoms with Crippen molar-refractivity contribution in [2.24, 2.45) is 7.05 Å². The minimum atomic E-state index is -0.316. The molecule has 8 nitrogen and oxygen atoms in total. The van der Waals surface area contributed by atoms with E-state index < -0.39 is 0 Å². The number of carbonyl (C=O) groups is 1. The van der Waals surface area contributed by atoms with Crippen LogP contribution in [-0.2, 0) is 11.8 Å². The van der Waals surface area contributed by atoms with Gasteiger partial charge in [-0.3, -0.25) is 4.68 Å². The molecule has 0 amide bonds. The molecule has 0 bridgehead atoms. The Morgan fingerprint density at radius 2 is 2.00 bits per heavy atom. The largest absolute Gasteiger partial charge is 0.462 e. The fourth-order valence-corrected chi connectivity index (χ4v) is 2.28. The lowest BCUT2D eigenvalue weighted by Gasteiger charge is -2.07. The first-order chi connectivity index (χ1) is 12.7. The molecule has 2 heterocycles. The Morgan fingerprint density at radius 1 is 1.19 bits per heavy atom. The summed E-state index contributed by atoms with van der Waals surface area (Å²) in [6.45, 7) is 2.49. The monoisotopic (exact) mass is 352 g/mol. The van der Waals surface area contributed by atoms with Gasteiger partial charge in [-0.15, -0.1) is 0 Å². The summed E-state index contributed by atoms with van der Waals surface area (Å²) >= 11 is 0. The van der Waals surface area contributed by atoms with Crippen molar-refractivity contribution in [2.45, 2.75) is 19.8 Å². The number of ether oxygens (including phenoxy) is 1. The average molecular weight is 352 g/mol. The predicted molar refractivity (Wildman–Crippen MR) is 96.9 cm³/mol. The number of nitrogens with zero attached hydrogens (tertiary/aromatic N) is 5. The Kier molecular flexibility index (Phi) is 5.52. The van der Waals surface area contributed by atoms with E-state index in [4.69, 9.17) is 4.74 Å². The highest BCUT2D eigenvalue weighted by Gasteiger charge is 2.09. The number of esters is 1. The Hall–Kier alpha value is -3.29. The quantitative estimate of drug-likeness (QED) is 0.516. The maximum Gasteiger partial charge on any atom is 0.338 e. The smallest absolute Gasteiger partial charge is 0.338 e. The molecule has 3 rings (SSSR count). The molecule has 0 unspecified atom stereocenters. The Bertz CT molecular complexity index is 875. The van der Waals surface area contributed by atoms with Gasteiger partial charge in [0.2, 0.25) is 5.95 Å². The molecule has 0 spiro atoms. The van der Waals surface area contributed by atoms with Crippen LogP contribution in [0, 0.1) is 0 Å². The van der Waals surface area contributed by atoms with Gasteiger partial charge in [0.1, 0.15) is 12.0 Å². The number of hydrogen-bond donors (Lipinski definition) is 1. The molecule has 0 atom stereocenters. The molecule has 0 fully saturated rings. The topological polar surface area (TPSA) is 94.8 Å². The van der Waals surface area contributed by atoms with E-state index in [0.29, 0.717) is 23.9 Å². The van der Waals surface area contributed by atoms with E-state index in [0.717, 1.165) is 24.2 Å². The first-order valence-electron chi connectivity index (χ1n) is 8.39. The summed E-state index contributed by atoms with van der Waals surface area (Å²) in [7, 11) is 1.82. The van der Waals surface area contributed by atoms with Gasteiger partial charge in [0.15, 0.2) is 5.82 Å². The number of rotatable bonds is 7. The van der Waals surface area contributed by atoms with Gasteiger partial charge in [-0.2, -0.15) is 10.1 Å². The minimum Gasteiger partial charge on any atom is -0.462 e. The Morgan fingerprint density at radius 3 is 2.69 bits per heavy atom. The second kappa shape index (κ2) is 8.19. The van der Waals surface area contributed by atoms with Crippen molar-refractivity contribution in [1.82, 2.24) is 24.7 Å². The van der Waals surface area contributed by atoms with Crippen molar-refractivity contribution in [3.05, 3.63) is 48.4 Å². The van der Waals surface area contributed by atoms with Crippen LogP contribution < -0.4 is 5.32 Å². The molecule has 0 aliphatic rings. The van der Waals surface area contributed by atoms with Crippen LogP contribution in [-0.4, -0.2) is 37.3 Å². The van der Waals surface area contributed by atoms with E-state index >= 15 is 0 Å². The number of benzene rings is 1. The Labute approximate surface area is 151 Å². The predicted octanol–water partition coefficient (Wildman–Crippen LogP) is 2.97. The zero-order valence-corrected chi connectivity index (χ0v) is 14.7. The summed E-state index contributed by atoms with van der Waals surface area (Å²) in [5.74, 6) is 0.622. The normalized spacial score (nSPS) is 10.5. The third-order valence-electron chi connectivity index (χ3n) is 3.73. The fourth-order valence-electron chi connectivity index (χ4n) is 2.28. The summed E-state index contributed by atoms with van der Waals surface area (Å²) < 4.78 is 6.89. The SMILES string of the molecule is CCCCOC(=O)c1ccc(Nc2ncnc(-c3ccnn3C)n2)cc1. The summed E-state index contributed by atoms with van der Waals surface area (Å²) in [6.07, 6.45) is 4.98. The van der Waals surface area contributed by atoms with Crippen molar-refractivity contribution in [2.75, 3.05) is 11.9 Å². The fraction of sp³-hybridized carbons (Fsp3) is 0.278. The van der Waals surface area contributed by atoms with Gasteiger partial charge in [0, 0.05) is 18.9 Å². The third-order valence-corrected chi connectivity index (χ3v) is 3.73. The summed E-state index contributed by atoms with van der Waals surface area (Å²) in [6, 6.07) is 8.81. The van der Waals surface area contributed by atoms with Crippen LogP contribution in [0.5, 0.6) is 0 Å². The molecule has 3 aromatic rings. The van der Waals surface area contributed by atoms with Crippen LogP contribution >= 0.6 is 0 Å². The number of nitrogens with one attached hydrogen (secondary N) is 1. The summed E-state index contributed by atoms with van der Waals surface area (Å²) in [5.41, 5.74) is 2.07. The molecular weight excluding hydrogens is 332 g/mol. The number of aryl methyl sites for hydroxylation is 1. The lowest BCUT2D eigenvalue weighted by Crippen LogP contribution is -2.06. The molecule has 8 heteroatoms. The molecule has 2 aromatic heterocycles. The standard InChI is InChI=1S/C18H20N6O2/c1-3-4-11-26-17(25)13-5-7-14(8-6-13)22-18-20-12-19-16(23-18)15-9-10-21-24(15)2/h5-10,12H,3-4,11H2,1-2H3,(H,19,20,22,23). The number of carbonyl (C=O) groups excluding carboxylic acids is 1. The van der Waals surface area contributed by atoms with Gasteiger partial charge in [-0.05, 0) is 36.8 Å². The number of hydrogen-bond acceptors (Lipinski definition) is 7. The third kappa shape index (κ3) is 4.21. The van der Waals surface area contributed by atoms with Gasteiger partial charge < -0.3 is 10.1 Å².